The minimum absolute atomic E-state index is 0.0781. The zero-order valence-electron chi connectivity index (χ0n) is 9.91. The van der Waals surface area contributed by atoms with Crippen LogP contribution < -0.4 is 5.32 Å². The number of halogens is 1. The summed E-state index contributed by atoms with van der Waals surface area (Å²) in [6.07, 6.45) is 1.03. The van der Waals surface area contributed by atoms with Crippen molar-refractivity contribution >= 4 is 28.8 Å². The molecule has 0 radical (unpaired) electrons. The average molecular weight is 273 g/mol. The summed E-state index contributed by atoms with van der Waals surface area (Å²) in [7, 11) is 0. The molecule has 2 rings (SSSR count). The summed E-state index contributed by atoms with van der Waals surface area (Å²) in [5.41, 5.74) is 0. The van der Waals surface area contributed by atoms with Crippen LogP contribution in [0, 0.1) is 0 Å². The van der Waals surface area contributed by atoms with Gasteiger partial charge in [0.15, 0.2) is 0 Å². The third-order valence-corrected chi connectivity index (χ3v) is 4.46. The van der Waals surface area contributed by atoms with E-state index in [1.54, 1.807) is 0 Å². The highest BCUT2D eigenvalue weighted by Crippen LogP contribution is 2.29. The molecule has 1 saturated heterocycles. The van der Waals surface area contributed by atoms with Gasteiger partial charge in [-0.2, -0.15) is 0 Å². The van der Waals surface area contributed by atoms with Gasteiger partial charge in [-0.15, -0.1) is 11.3 Å². The molecule has 0 saturated carbocycles. The van der Waals surface area contributed by atoms with E-state index in [9.17, 15) is 4.79 Å². The third kappa shape index (κ3) is 3.21. The monoisotopic (exact) mass is 272 g/mol. The minimum atomic E-state index is -0.0781. The van der Waals surface area contributed by atoms with Crippen molar-refractivity contribution in [2.45, 2.75) is 19.3 Å². The van der Waals surface area contributed by atoms with Crippen molar-refractivity contribution in [3.05, 3.63) is 21.3 Å². The molecule has 1 unspecified atom stereocenters. The Morgan fingerprint density at radius 2 is 2.29 bits per heavy atom. The molecule has 2 heterocycles. The lowest BCUT2D eigenvalue weighted by Gasteiger charge is -2.23. The van der Waals surface area contributed by atoms with Gasteiger partial charge in [0.2, 0.25) is 5.91 Å². The highest BCUT2D eigenvalue weighted by molar-refractivity contribution is 7.16. The van der Waals surface area contributed by atoms with Crippen molar-refractivity contribution in [2.24, 2.45) is 0 Å². The number of carbonyl (C=O) groups excluding carboxylic acids is 1. The molecule has 1 N–H and O–H groups in total. The van der Waals surface area contributed by atoms with Crippen molar-refractivity contribution in [3.63, 3.8) is 0 Å². The Labute approximate surface area is 111 Å². The maximum atomic E-state index is 12.3. The fourth-order valence-corrected chi connectivity index (χ4v) is 3.13. The summed E-state index contributed by atoms with van der Waals surface area (Å²) in [4.78, 5) is 15.3. The van der Waals surface area contributed by atoms with Gasteiger partial charge in [-0.05, 0) is 32.0 Å². The molecule has 1 aliphatic heterocycles. The van der Waals surface area contributed by atoms with E-state index in [2.05, 4.69) is 5.32 Å². The molecular weight excluding hydrogens is 256 g/mol. The minimum Gasteiger partial charge on any atom is -0.341 e. The first-order chi connectivity index (χ1) is 8.18. The lowest BCUT2D eigenvalue weighted by molar-refractivity contribution is -0.132. The van der Waals surface area contributed by atoms with Gasteiger partial charge in [0, 0.05) is 24.5 Å². The molecule has 5 heteroatoms. The molecule has 94 valence electrons. The fraction of sp³-hybridized carbons (Fsp3) is 0.583. The number of amides is 1. The first-order valence-corrected chi connectivity index (χ1v) is 7.12. The summed E-state index contributed by atoms with van der Waals surface area (Å²) in [5, 5.41) is 3.30. The number of hydrogen-bond acceptors (Lipinski definition) is 3. The van der Waals surface area contributed by atoms with Crippen LogP contribution in [0.5, 0.6) is 0 Å². The second-order valence-electron chi connectivity index (χ2n) is 4.29. The van der Waals surface area contributed by atoms with Crippen LogP contribution in [0.3, 0.4) is 0 Å². The smallest absolute Gasteiger partial charge is 0.230 e. The van der Waals surface area contributed by atoms with E-state index < -0.39 is 0 Å². The van der Waals surface area contributed by atoms with Crippen molar-refractivity contribution in [1.29, 1.82) is 0 Å². The number of nitrogens with zero attached hydrogens (tertiary/aromatic N) is 1. The van der Waals surface area contributed by atoms with Crippen LogP contribution in [0.4, 0.5) is 0 Å². The molecule has 1 aromatic heterocycles. The molecule has 0 aromatic carbocycles. The molecule has 17 heavy (non-hydrogen) atoms. The van der Waals surface area contributed by atoms with Crippen LogP contribution in [0.2, 0.25) is 4.34 Å². The Bertz CT molecular complexity index is 386. The van der Waals surface area contributed by atoms with E-state index in [0.29, 0.717) is 0 Å². The molecular formula is C12H17ClN2OS. The van der Waals surface area contributed by atoms with Crippen LogP contribution in [0.1, 0.15) is 24.1 Å². The van der Waals surface area contributed by atoms with Crippen molar-refractivity contribution in [3.8, 4) is 0 Å². The molecule has 1 amide bonds. The Morgan fingerprint density at radius 1 is 1.47 bits per heavy atom. The predicted molar refractivity (Wildman–Crippen MR) is 71.8 cm³/mol. The molecule has 1 aliphatic rings. The summed E-state index contributed by atoms with van der Waals surface area (Å²) in [6, 6.07) is 3.81. The second kappa shape index (κ2) is 5.85. The van der Waals surface area contributed by atoms with Gasteiger partial charge < -0.3 is 10.2 Å². The van der Waals surface area contributed by atoms with Gasteiger partial charge >= 0.3 is 0 Å². The highest BCUT2D eigenvalue weighted by atomic mass is 35.5. The summed E-state index contributed by atoms with van der Waals surface area (Å²) in [6.45, 7) is 5.52. The van der Waals surface area contributed by atoms with E-state index in [-0.39, 0.29) is 11.8 Å². The Hall–Kier alpha value is -0.580. The van der Waals surface area contributed by atoms with E-state index in [4.69, 9.17) is 11.6 Å². The van der Waals surface area contributed by atoms with Gasteiger partial charge in [0.05, 0.1) is 10.3 Å². The molecule has 3 nitrogen and oxygen atoms in total. The van der Waals surface area contributed by atoms with Gasteiger partial charge in [-0.3, -0.25) is 4.79 Å². The van der Waals surface area contributed by atoms with Gasteiger partial charge in [0.1, 0.15) is 0 Å². The maximum absolute atomic E-state index is 12.3. The van der Waals surface area contributed by atoms with Gasteiger partial charge in [0.25, 0.3) is 0 Å². The van der Waals surface area contributed by atoms with Crippen LogP contribution in [-0.4, -0.2) is 37.0 Å². The first-order valence-electron chi connectivity index (χ1n) is 5.93. The van der Waals surface area contributed by atoms with E-state index in [1.165, 1.54) is 11.3 Å². The Kier molecular flexibility index (Phi) is 4.42. The normalized spacial score (nSPS) is 18.8. The number of hydrogen-bond donors (Lipinski definition) is 1. The third-order valence-electron chi connectivity index (χ3n) is 3.04. The molecule has 0 aliphatic carbocycles. The summed E-state index contributed by atoms with van der Waals surface area (Å²) < 4.78 is 0.747. The topological polar surface area (TPSA) is 32.3 Å². The van der Waals surface area contributed by atoms with Crippen molar-refractivity contribution in [2.75, 3.05) is 26.2 Å². The largest absolute Gasteiger partial charge is 0.341 e. The quantitative estimate of drug-likeness (QED) is 0.896. The molecule has 1 atom stereocenters. The molecule has 1 aromatic rings. The molecule has 0 spiro atoms. The first kappa shape index (κ1) is 12.9. The van der Waals surface area contributed by atoms with Gasteiger partial charge in [-0.1, -0.05) is 11.6 Å². The SMILES string of the molecule is CC(C(=O)N1CCCNCC1)c1ccc(Cl)s1. The van der Waals surface area contributed by atoms with Crippen LogP contribution in [0.25, 0.3) is 0 Å². The fourth-order valence-electron chi connectivity index (χ4n) is 2.02. The van der Waals surface area contributed by atoms with E-state index >= 15 is 0 Å². The standard InChI is InChI=1S/C12H17ClN2OS/c1-9(10-3-4-11(13)17-10)12(16)15-7-2-5-14-6-8-15/h3-4,9,14H,2,5-8H2,1H3. The van der Waals surface area contributed by atoms with Crippen LogP contribution in [0.15, 0.2) is 12.1 Å². The number of rotatable bonds is 2. The maximum Gasteiger partial charge on any atom is 0.230 e. The summed E-state index contributed by atoms with van der Waals surface area (Å²) in [5.74, 6) is 0.137. The molecule has 1 fully saturated rings. The number of thiophene rings is 1. The summed E-state index contributed by atoms with van der Waals surface area (Å²) >= 11 is 7.40. The second-order valence-corrected chi connectivity index (χ2v) is 6.04. The number of carbonyl (C=O) groups is 1. The number of nitrogens with one attached hydrogen (secondary N) is 1. The van der Waals surface area contributed by atoms with Crippen LogP contribution >= 0.6 is 22.9 Å². The lowest BCUT2D eigenvalue weighted by Crippen LogP contribution is -2.36. The Morgan fingerprint density at radius 3 is 3.00 bits per heavy atom. The lowest BCUT2D eigenvalue weighted by atomic mass is 10.1. The van der Waals surface area contributed by atoms with Crippen molar-refractivity contribution in [1.82, 2.24) is 10.2 Å². The van der Waals surface area contributed by atoms with Gasteiger partial charge in [-0.25, -0.2) is 0 Å². The Balaban J connectivity index is 2.03. The van der Waals surface area contributed by atoms with E-state index in [1.807, 2.05) is 24.0 Å². The zero-order chi connectivity index (χ0) is 12.3. The molecule has 0 bridgehead atoms. The average Bonchev–Trinajstić information content (AvgIpc) is 2.60. The van der Waals surface area contributed by atoms with E-state index in [0.717, 1.165) is 41.8 Å². The zero-order valence-corrected chi connectivity index (χ0v) is 11.5. The van der Waals surface area contributed by atoms with Crippen LogP contribution in [-0.2, 0) is 4.79 Å². The highest BCUT2D eigenvalue weighted by Gasteiger charge is 2.23. The van der Waals surface area contributed by atoms with Crippen molar-refractivity contribution < 1.29 is 4.79 Å². The predicted octanol–water partition coefficient (Wildman–Crippen LogP) is 2.33.